The van der Waals surface area contributed by atoms with E-state index in [1.165, 1.54) is 5.56 Å². The highest BCUT2D eigenvalue weighted by Crippen LogP contribution is 2.44. The van der Waals surface area contributed by atoms with Crippen LogP contribution in [0.5, 0.6) is 11.5 Å². The van der Waals surface area contributed by atoms with E-state index in [1.807, 2.05) is 49.0 Å². The molecule has 2 atom stereocenters. The predicted molar refractivity (Wildman–Crippen MR) is 102 cm³/mol. The number of hydrogen-bond donors (Lipinski definition) is 1. The van der Waals surface area contributed by atoms with E-state index in [9.17, 15) is 5.11 Å². The number of phenolic OH excluding ortho intramolecular Hbond substituents is 1. The maximum atomic E-state index is 10.3. The number of aryl methyl sites for hydroxylation is 1. The Kier molecular flexibility index (Phi) is 4.34. The Balaban J connectivity index is 1.72. The smallest absolute Gasteiger partial charge is 0.188 e. The molecule has 4 rings (SSSR count). The van der Waals surface area contributed by atoms with Gasteiger partial charge in [-0.15, -0.1) is 0 Å². The van der Waals surface area contributed by atoms with Crippen LogP contribution >= 0.6 is 11.8 Å². The second-order valence-corrected chi connectivity index (χ2v) is 7.54. The molecule has 0 aliphatic carbocycles. The minimum Gasteiger partial charge on any atom is -0.507 e. The van der Waals surface area contributed by atoms with E-state index in [2.05, 4.69) is 17.3 Å². The lowest BCUT2D eigenvalue weighted by Gasteiger charge is -2.38. The minimum atomic E-state index is -0.0585. The highest BCUT2D eigenvalue weighted by atomic mass is 32.2. The summed E-state index contributed by atoms with van der Waals surface area (Å²) in [6.07, 6.45) is 3.75. The Morgan fingerprint density at radius 1 is 1.28 bits per heavy atom. The van der Waals surface area contributed by atoms with Crippen LogP contribution in [0.2, 0.25) is 0 Å². The molecule has 1 N–H and O–H groups in total. The molecule has 0 spiro atoms. The van der Waals surface area contributed by atoms with Crippen LogP contribution in [0, 0.1) is 6.92 Å². The van der Waals surface area contributed by atoms with E-state index in [1.54, 1.807) is 6.07 Å². The van der Waals surface area contributed by atoms with Gasteiger partial charge in [-0.2, -0.15) is 16.9 Å². The molecule has 0 aromatic heterocycles. The number of ether oxygens (including phenoxy) is 1. The Hall–Kier alpha value is -2.14. The molecular formula is C20H22N2O2S. The summed E-state index contributed by atoms with van der Waals surface area (Å²) in [7, 11) is 0. The third kappa shape index (κ3) is 2.97. The van der Waals surface area contributed by atoms with Crippen molar-refractivity contribution in [3.05, 3.63) is 59.2 Å². The first-order chi connectivity index (χ1) is 12.2. The Labute approximate surface area is 152 Å². The number of phenols is 1. The molecule has 0 unspecified atom stereocenters. The number of rotatable bonds is 4. The summed E-state index contributed by atoms with van der Waals surface area (Å²) >= 11 is 1.82. The van der Waals surface area contributed by atoms with Crippen LogP contribution in [-0.2, 0) is 0 Å². The second kappa shape index (κ2) is 6.64. The molecule has 0 fully saturated rings. The number of hydrogen-bond acceptors (Lipinski definition) is 5. The van der Waals surface area contributed by atoms with Gasteiger partial charge in [0.15, 0.2) is 6.23 Å². The molecule has 130 valence electrons. The Bertz CT molecular complexity index is 821. The lowest BCUT2D eigenvalue weighted by atomic mass is 9.95. The van der Waals surface area contributed by atoms with Crippen molar-refractivity contribution in [2.75, 3.05) is 12.0 Å². The molecule has 0 saturated heterocycles. The Morgan fingerprint density at radius 3 is 2.96 bits per heavy atom. The summed E-state index contributed by atoms with van der Waals surface area (Å²) in [5.41, 5.74) is 4.06. The fraction of sp³-hybridized carbons (Fsp3) is 0.350. The number of fused-ring (bicyclic) bond motifs is 3. The molecule has 0 bridgehead atoms. The lowest BCUT2D eigenvalue weighted by Crippen LogP contribution is -2.40. The highest BCUT2D eigenvalue weighted by molar-refractivity contribution is 7.98. The first kappa shape index (κ1) is 16.3. The van der Waals surface area contributed by atoms with Crippen molar-refractivity contribution in [2.24, 2.45) is 5.10 Å². The molecular weight excluding hydrogens is 332 g/mol. The van der Waals surface area contributed by atoms with Gasteiger partial charge in [-0.25, -0.2) is 0 Å². The van der Waals surface area contributed by atoms with Crippen LogP contribution in [-0.4, -0.2) is 34.1 Å². The monoisotopic (exact) mass is 354 g/mol. The zero-order chi connectivity index (χ0) is 17.4. The third-order valence-electron chi connectivity index (χ3n) is 4.81. The molecule has 2 aromatic rings. The normalized spacial score (nSPS) is 21.4. The average Bonchev–Trinajstić information content (AvgIpc) is 3.07. The van der Waals surface area contributed by atoms with Gasteiger partial charge < -0.3 is 9.84 Å². The van der Waals surface area contributed by atoms with E-state index in [-0.39, 0.29) is 12.3 Å². The predicted octanol–water partition coefficient (Wildman–Crippen LogP) is 4.32. The molecule has 2 aromatic carbocycles. The van der Waals surface area contributed by atoms with Gasteiger partial charge in [0.1, 0.15) is 11.5 Å². The molecule has 5 heteroatoms. The van der Waals surface area contributed by atoms with Crippen LogP contribution in [0.25, 0.3) is 0 Å². The van der Waals surface area contributed by atoms with Crippen molar-refractivity contribution < 1.29 is 9.84 Å². The first-order valence-corrected chi connectivity index (χ1v) is 9.97. The maximum absolute atomic E-state index is 10.3. The van der Waals surface area contributed by atoms with E-state index in [0.717, 1.165) is 41.2 Å². The van der Waals surface area contributed by atoms with Crippen LogP contribution in [0.15, 0.2) is 47.6 Å². The van der Waals surface area contributed by atoms with Crippen molar-refractivity contribution in [1.29, 1.82) is 0 Å². The molecule has 4 nitrogen and oxygen atoms in total. The molecule has 25 heavy (non-hydrogen) atoms. The zero-order valence-corrected chi connectivity index (χ0v) is 15.3. The van der Waals surface area contributed by atoms with E-state index < -0.39 is 0 Å². The number of hydrazone groups is 1. The number of nitrogens with zero attached hydrogens (tertiary/aromatic N) is 2. The van der Waals surface area contributed by atoms with Gasteiger partial charge >= 0.3 is 0 Å². The third-order valence-corrected chi connectivity index (χ3v) is 5.45. The largest absolute Gasteiger partial charge is 0.507 e. The minimum absolute atomic E-state index is 0.0585. The number of benzene rings is 2. The molecule has 0 radical (unpaired) electrons. The van der Waals surface area contributed by atoms with Crippen molar-refractivity contribution >= 4 is 17.5 Å². The highest BCUT2D eigenvalue weighted by Gasteiger charge is 2.40. The lowest BCUT2D eigenvalue weighted by molar-refractivity contribution is -0.0180. The number of aromatic hydroxyl groups is 1. The topological polar surface area (TPSA) is 45.1 Å². The van der Waals surface area contributed by atoms with Gasteiger partial charge in [-0.05, 0) is 37.1 Å². The van der Waals surface area contributed by atoms with Gasteiger partial charge in [0.25, 0.3) is 0 Å². The van der Waals surface area contributed by atoms with Crippen LogP contribution < -0.4 is 4.74 Å². The van der Waals surface area contributed by atoms with Crippen LogP contribution in [0.3, 0.4) is 0 Å². The summed E-state index contributed by atoms with van der Waals surface area (Å²) in [5.74, 6) is 2.27. The fourth-order valence-electron chi connectivity index (χ4n) is 3.56. The molecule has 0 amide bonds. The van der Waals surface area contributed by atoms with Gasteiger partial charge in [0.05, 0.1) is 11.8 Å². The average molecular weight is 354 g/mol. The van der Waals surface area contributed by atoms with E-state index >= 15 is 0 Å². The molecule has 2 heterocycles. The quantitative estimate of drug-likeness (QED) is 0.888. The van der Waals surface area contributed by atoms with Crippen molar-refractivity contribution in [3.8, 4) is 11.5 Å². The van der Waals surface area contributed by atoms with Gasteiger partial charge in [-0.1, -0.05) is 29.8 Å². The molecule has 2 aliphatic heterocycles. The second-order valence-electron chi connectivity index (χ2n) is 6.56. The van der Waals surface area contributed by atoms with Crippen molar-refractivity contribution in [2.45, 2.75) is 32.0 Å². The van der Waals surface area contributed by atoms with E-state index in [4.69, 9.17) is 9.84 Å². The number of para-hydroxylation sites is 1. The first-order valence-electron chi connectivity index (χ1n) is 8.57. The summed E-state index contributed by atoms with van der Waals surface area (Å²) in [6.45, 7) is 2.03. The van der Waals surface area contributed by atoms with E-state index in [0.29, 0.717) is 5.75 Å². The summed E-state index contributed by atoms with van der Waals surface area (Å²) in [5, 5.41) is 17.3. The SMILES string of the molecule is CSCC[C@H]1Oc2ccccc2[C@H]2CC(c3cc(C)ccc3O)=NN21. The number of thioether (sulfide) groups is 1. The molecule has 0 saturated carbocycles. The Morgan fingerprint density at radius 2 is 2.12 bits per heavy atom. The zero-order valence-electron chi connectivity index (χ0n) is 14.5. The standard InChI is InChI=1S/C20H22N2O2S/c1-13-7-8-18(23)15(11-13)16-12-17-14-5-3-4-6-19(14)24-20(9-10-25-2)22(17)21-16/h3-8,11,17,20,23H,9-10,12H2,1-2H3/t17-,20-/m1/s1. The van der Waals surface area contributed by atoms with Gasteiger partial charge in [0.2, 0.25) is 0 Å². The summed E-state index contributed by atoms with van der Waals surface area (Å²) < 4.78 is 6.23. The van der Waals surface area contributed by atoms with Crippen molar-refractivity contribution in [1.82, 2.24) is 5.01 Å². The van der Waals surface area contributed by atoms with Crippen LogP contribution in [0.1, 0.15) is 35.6 Å². The van der Waals surface area contributed by atoms with Crippen LogP contribution in [0.4, 0.5) is 0 Å². The van der Waals surface area contributed by atoms with Gasteiger partial charge in [-0.3, -0.25) is 5.01 Å². The molecule has 2 aliphatic rings. The fourth-order valence-corrected chi connectivity index (χ4v) is 4.00. The summed E-state index contributed by atoms with van der Waals surface area (Å²) in [6, 6.07) is 14.1. The summed E-state index contributed by atoms with van der Waals surface area (Å²) in [4.78, 5) is 0. The maximum Gasteiger partial charge on any atom is 0.188 e. The van der Waals surface area contributed by atoms with Gasteiger partial charge in [0, 0.05) is 24.0 Å². The van der Waals surface area contributed by atoms with Crippen molar-refractivity contribution in [3.63, 3.8) is 0 Å².